The Hall–Kier alpha value is -1.60. The SMILES string of the molecule is CCOC(=O)C(Cl)Cc1c[c]c(F)cc1C#N. The van der Waals surface area contributed by atoms with E-state index in [0.717, 1.165) is 6.07 Å². The van der Waals surface area contributed by atoms with E-state index in [1.165, 1.54) is 6.07 Å². The number of alkyl halides is 1. The molecule has 1 aromatic carbocycles. The Labute approximate surface area is 104 Å². The number of nitrogens with zero attached hydrogens (tertiary/aromatic N) is 1. The summed E-state index contributed by atoms with van der Waals surface area (Å²) in [5, 5.41) is 7.92. The summed E-state index contributed by atoms with van der Waals surface area (Å²) in [5.74, 6) is -1.17. The number of carbonyl (C=O) groups excluding carboxylic acids is 1. The maximum Gasteiger partial charge on any atom is 0.324 e. The molecule has 1 atom stereocenters. The van der Waals surface area contributed by atoms with E-state index in [0.29, 0.717) is 5.56 Å². The minimum Gasteiger partial charge on any atom is -0.465 e. The van der Waals surface area contributed by atoms with Gasteiger partial charge in [0.05, 0.1) is 18.2 Å². The Morgan fingerprint density at radius 1 is 1.76 bits per heavy atom. The fourth-order valence-electron chi connectivity index (χ4n) is 1.28. The first-order valence-electron chi connectivity index (χ1n) is 4.99. The van der Waals surface area contributed by atoms with Crippen LogP contribution in [-0.4, -0.2) is 18.0 Å². The van der Waals surface area contributed by atoms with Crippen LogP contribution in [0.3, 0.4) is 0 Å². The minimum atomic E-state index is -0.888. The monoisotopic (exact) mass is 254 g/mol. The molecule has 0 aliphatic heterocycles. The number of rotatable bonds is 4. The second-order valence-corrected chi connectivity index (χ2v) is 3.78. The Balaban J connectivity index is 2.82. The van der Waals surface area contributed by atoms with Crippen molar-refractivity contribution < 1.29 is 13.9 Å². The van der Waals surface area contributed by atoms with Crippen LogP contribution in [-0.2, 0) is 16.0 Å². The molecule has 1 radical (unpaired) electrons. The number of hydrogen-bond donors (Lipinski definition) is 0. The van der Waals surface area contributed by atoms with E-state index in [9.17, 15) is 9.18 Å². The van der Waals surface area contributed by atoms with Gasteiger partial charge in [-0.05, 0) is 24.6 Å². The first-order chi connectivity index (χ1) is 8.08. The molecule has 0 amide bonds. The van der Waals surface area contributed by atoms with Crippen molar-refractivity contribution in [3.05, 3.63) is 35.1 Å². The van der Waals surface area contributed by atoms with Crippen molar-refractivity contribution in [3.8, 4) is 6.07 Å². The molecule has 0 N–H and O–H groups in total. The molecular formula is C12H10ClFNO2. The van der Waals surface area contributed by atoms with Crippen molar-refractivity contribution in [1.82, 2.24) is 0 Å². The first kappa shape index (κ1) is 13.5. The Kier molecular flexibility index (Phi) is 4.92. The van der Waals surface area contributed by atoms with Crippen molar-refractivity contribution in [2.75, 3.05) is 6.61 Å². The number of hydrogen-bond acceptors (Lipinski definition) is 3. The summed E-state index contributed by atoms with van der Waals surface area (Å²) in [4.78, 5) is 11.3. The summed E-state index contributed by atoms with van der Waals surface area (Å²) in [6, 6.07) is 6.55. The highest BCUT2D eigenvalue weighted by Gasteiger charge is 2.18. The van der Waals surface area contributed by atoms with Gasteiger partial charge in [0, 0.05) is 12.5 Å². The quantitative estimate of drug-likeness (QED) is 0.611. The fourth-order valence-corrected chi connectivity index (χ4v) is 1.51. The standard InChI is InChI=1S/C12H10ClFNO2/c1-2-17-12(16)11(13)6-8-3-4-10(14)5-9(8)7-15/h3,5,11H,2,6H2,1H3. The summed E-state index contributed by atoms with van der Waals surface area (Å²) >= 11 is 5.82. The van der Waals surface area contributed by atoms with Crippen LogP contribution in [0.4, 0.5) is 4.39 Å². The number of ether oxygens (including phenoxy) is 1. The first-order valence-corrected chi connectivity index (χ1v) is 5.43. The van der Waals surface area contributed by atoms with Gasteiger partial charge in [-0.2, -0.15) is 5.26 Å². The molecule has 0 bridgehead atoms. The van der Waals surface area contributed by atoms with Gasteiger partial charge in [0.25, 0.3) is 0 Å². The smallest absolute Gasteiger partial charge is 0.324 e. The van der Waals surface area contributed by atoms with Gasteiger partial charge in [-0.25, -0.2) is 4.39 Å². The minimum absolute atomic E-state index is 0.111. The summed E-state index contributed by atoms with van der Waals surface area (Å²) in [5.41, 5.74) is 0.623. The van der Waals surface area contributed by atoms with Gasteiger partial charge < -0.3 is 4.74 Å². The molecule has 5 heteroatoms. The molecule has 0 aromatic heterocycles. The second kappa shape index (κ2) is 6.21. The van der Waals surface area contributed by atoms with Gasteiger partial charge >= 0.3 is 5.97 Å². The molecule has 0 saturated heterocycles. The second-order valence-electron chi connectivity index (χ2n) is 3.26. The van der Waals surface area contributed by atoms with Gasteiger partial charge in [0.2, 0.25) is 0 Å². The summed E-state index contributed by atoms with van der Waals surface area (Å²) in [6.07, 6.45) is 0.111. The van der Waals surface area contributed by atoms with Crippen LogP contribution in [0.1, 0.15) is 18.1 Å². The van der Waals surface area contributed by atoms with Crippen molar-refractivity contribution in [2.24, 2.45) is 0 Å². The van der Waals surface area contributed by atoms with Crippen LogP contribution in [0.2, 0.25) is 0 Å². The highest BCUT2D eigenvalue weighted by atomic mass is 35.5. The highest BCUT2D eigenvalue weighted by Crippen LogP contribution is 2.15. The molecule has 0 fully saturated rings. The molecule has 3 nitrogen and oxygen atoms in total. The van der Waals surface area contributed by atoms with Crippen LogP contribution < -0.4 is 0 Å². The van der Waals surface area contributed by atoms with Crippen LogP contribution >= 0.6 is 11.6 Å². The molecule has 0 spiro atoms. The van der Waals surface area contributed by atoms with Gasteiger partial charge in [-0.15, -0.1) is 11.6 Å². The van der Waals surface area contributed by atoms with Gasteiger partial charge in [0.15, 0.2) is 0 Å². The van der Waals surface area contributed by atoms with Gasteiger partial charge in [0.1, 0.15) is 11.2 Å². The topological polar surface area (TPSA) is 50.1 Å². The average Bonchev–Trinajstić information content (AvgIpc) is 2.31. The predicted octanol–water partition coefficient (Wildman–Crippen LogP) is 2.21. The van der Waals surface area contributed by atoms with Crippen LogP contribution in [0.5, 0.6) is 0 Å². The van der Waals surface area contributed by atoms with Crippen LogP contribution in [0.25, 0.3) is 0 Å². The zero-order valence-corrected chi connectivity index (χ0v) is 9.92. The lowest BCUT2D eigenvalue weighted by molar-refractivity contribution is -0.142. The van der Waals surface area contributed by atoms with E-state index in [4.69, 9.17) is 21.6 Å². The Bertz CT molecular complexity index is 456. The molecule has 89 valence electrons. The zero-order valence-electron chi connectivity index (χ0n) is 9.17. The lowest BCUT2D eigenvalue weighted by Gasteiger charge is -2.09. The van der Waals surface area contributed by atoms with E-state index in [2.05, 4.69) is 6.07 Å². The number of nitriles is 1. The number of halogens is 2. The van der Waals surface area contributed by atoms with Gasteiger partial charge in [-0.1, -0.05) is 0 Å². The number of esters is 1. The predicted molar refractivity (Wildman–Crippen MR) is 59.9 cm³/mol. The van der Waals surface area contributed by atoms with Crippen molar-refractivity contribution in [2.45, 2.75) is 18.7 Å². The zero-order chi connectivity index (χ0) is 12.8. The third kappa shape index (κ3) is 3.72. The molecule has 0 aliphatic carbocycles. The molecular weight excluding hydrogens is 245 g/mol. The Morgan fingerprint density at radius 3 is 3.06 bits per heavy atom. The van der Waals surface area contributed by atoms with E-state index in [1.807, 2.05) is 6.07 Å². The fraction of sp³-hybridized carbons (Fsp3) is 0.333. The third-order valence-corrected chi connectivity index (χ3v) is 2.40. The van der Waals surface area contributed by atoms with E-state index in [-0.39, 0.29) is 18.6 Å². The van der Waals surface area contributed by atoms with Crippen molar-refractivity contribution in [3.63, 3.8) is 0 Å². The molecule has 1 aromatic rings. The van der Waals surface area contributed by atoms with Crippen molar-refractivity contribution >= 4 is 17.6 Å². The van der Waals surface area contributed by atoms with Crippen LogP contribution in [0.15, 0.2) is 12.1 Å². The van der Waals surface area contributed by atoms with E-state index >= 15 is 0 Å². The molecule has 0 aliphatic rings. The molecule has 1 rings (SSSR count). The number of carbonyl (C=O) groups is 1. The van der Waals surface area contributed by atoms with E-state index in [1.54, 1.807) is 6.92 Å². The van der Waals surface area contributed by atoms with Gasteiger partial charge in [-0.3, -0.25) is 4.79 Å². The average molecular weight is 255 g/mol. The molecule has 1 unspecified atom stereocenters. The maximum absolute atomic E-state index is 12.8. The van der Waals surface area contributed by atoms with Crippen molar-refractivity contribution in [1.29, 1.82) is 5.26 Å². The highest BCUT2D eigenvalue weighted by molar-refractivity contribution is 6.30. The number of benzene rings is 1. The molecule has 0 saturated carbocycles. The summed E-state index contributed by atoms with van der Waals surface area (Å²) < 4.78 is 17.6. The maximum atomic E-state index is 12.8. The van der Waals surface area contributed by atoms with Crippen LogP contribution in [0, 0.1) is 23.2 Å². The summed E-state index contributed by atoms with van der Waals surface area (Å²) in [6.45, 7) is 1.91. The Morgan fingerprint density at radius 2 is 2.47 bits per heavy atom. The largest absolute Gasteiger partial charge is 0.465 e. The molecule has 17 heavy (non-hydrogen) atoms. The summed E-state index contributed by atoms with van der Waals surface area (Å²) in [7, 11) is 0. The lowest BCUT2D eigenvalue weighted by Crippen LogP contribution is -2.20. The molecule has 0 heterocycles. The lowest BCUT2D eigenvalue weighted by atomic mass is 10.0. The third-order valence-electron chi connectivity index (χ3n) is 2.06. The van der Waals surface area contributed by atoms with E-state index < -0.39 is 17.2 Å². The normalized spacial score (nSPS) is 11.6.